The number of hydrogen-bond donors (Lipinski definition) is 0. The van der Waals surface area contributed by atoms with Crippen LogP contribution in [0.5, 0.6) is 0 Å². The molecule has 1 fully saturated rings. The molecule has 19 heavy (non-hydrogen) atoms. The smallest absolute Gasteiger partial charge is 0.312 e. The van der Waals surface area contributed by atoms with Crippen LogP contribution in [-0.2, 0) is 15.8 Å². The fourth-order valence-electron chi connectivity index (χ4n) is 1.96. The van der Waals surface area contributed by atoms with Crippen LogP contribution < -0.4 is 4.90 Å². The molecule has 2 rings (SSSR count). The molecule has 1 heterocycles. The molecular formula is C12H9ClF3NO2. The molecule has 7 heteroatoms. The molecule has 0 aliphatic carbocycles. The van der Waals surface area contributed by atoms with E-state index in [0.717, 1.165) is 17.0 Å². The minimum absolute atomic E-state index is 0.0163. The van der Waals surface area contributed by atoms with E-state index in [1.54, 1.807) is 0 Å². The predicted octanol–water partition coefficient (Wildman–Crippen LogP) is 2.82. The normalized spacial score (nSPS) is 19.9. The summed E-state index contributed by atoms with van der Waals surface area (Å²) in [6.45, 7) is 0.0163. The second kappa shape index (κ2) is 4.85. The van der Waals surface area contributed by atoms with Gasteiger partial charge in [-0.3, -0.25) is 9.59 Å². The number of amides is 1. The van der Waals surface area contributed by atoms with Gasteiger partial charge in [-0.05, 0) is 29.8 Å². The third-order valence-electron chi connectivity index (χ3n) is 2.93. The second-order valence-corrected chi connectivity index (χ2v) is 4.63. The Bertz CT molecular complexity index is 530. The molecular weight excluding hydrogens is 283 g/mol. The topological polar surface area (TPSA) is 37.4 Å². The molecule has 0 bridgehead atoms. The van der Waals surface area contributed by atoms with Crippen LogP contribution in [0.15, 0.2) is 24.3 Å². The number of carbonyl (C=O) groups excluding carboxylic acids is 2. The summed E-state index contributed by atoms with van der Waals surface area (Å²) < 4.78 is 37.7. The monoisotopic (exact) mass is 291 g/mol. The summed E-state index contributed by atoms with van der Waals surface area (Å²) in [6.07, 6.45) is -4.54. The third kappa shape index (κ3) is 2.89. The summed E-state index contributed by atoms with van der Waals surface area (Å²) in [5.41, 5.74) is -0.710. The van der Waals surface area contributed by atoms with Crippen molar-refractivity contribution >= 4 is 28.4 Å². The van der Waals surface area contributed by atoms with Crippen molar-refractivity contribution in [2.75, 3.05) is 11.4 Å². The Balaban J connectivity index is 2.28. The lowest BCUT2D eigenvalue weighted by molar-refractivity contribution is -0.137. The zero-order valence-electron chi connectivity index (χ0n) is 9.58. The summed E-state index contributed by atoms with van der Waals surface area (Å²) in [5, 5.41) is -0.650. The molecule has 1 saturated heterocycles. The van der Waals surface area contributed by atoms with Crippen molar-refractivity contribution in [1.29, 1.82) is 0 Å². The molecule has 102 valence electrons. The van der Waals surface area contributed by atoms with Crippen molar-refractivity contribution in [3.63, 3.8) is 0 Å². The minimum Gasteiger partial charge on any atom is -0.312 e. The van der Waals surface area contributed by atoms with Gasteiger partial charge in [0.25, 0.3) is 0 Å². The molecule has 3 nitrogen and oxygen atoms in total. The maximum absolute atomic E-state index is 12.6. The van der Waals surface area contributed by atoms with E-state index in [1.165, 1.54) is 12.1 Å². The first-order valence-corrected chi connectivity index (χ1v) is 5.84. The lowest BCUT2D eigenvalue weighted by Crippen LogP contribution is -2.25. The first-order chi connectivity index (χ1) is 8.79. The number of rotatable bonds is 2. The molecule has 0 unspecified atom stereocenters. The van der Waals surface area contributed by atoms with Crippen LogP contribution in [0.2, 0.25) is 0 Å². The van der Waals surface area contributed by atoms with Crippen LogP contribution >= 0.6 is 11.6 Å². The zero-order valence-corrected chi connectivity index (χ0v) is 10.3. The summed E-state index contributed by atoms with van der Waals surface area (Å²) in [4.78, 5) is 23.8. The van der Waals surface area contributed by atoms with E-state index < -0.39 is 28.8 Å². The van der Waals surface area contributed by atoms with Crippen molar-refractivity contribution in [1.82, 2.24) is 0 Å². The standard InChI is InChI=1S/C12H9ClF3NO2/c13-11(19)7-4-10(18)17(6-7)9-3-1-2-8(5-9)12(14,15)16/h1-3,5,7H,4,6H2/t7-/m1/s1. The second-order valence-electron chi connectivity index (χ2n) is 4.26. The van der Waals surface area contributed by atoms with E-state index in [1.807, 2.05) is 0 Å². The van der Waals surface area contributed by atoms with E-state index in [9.17, 15) is 22.8 Å². The van der Waals surface area contributed by atoms with Gasteiger partial charge in [-0.1, -0.05) is 6.07 Å². The van der Waals surface area contributed by atoms with Gasteiger partial charge >= 0.3 is 6.18 Å². The molecule has 1 aliphatic heterocycles. The summed E-state index contributed by atoms with van der Waals surface area (Å²) in [6, 6.07) is 4.43. The van der Waals surface area contributed by atoms with Crippen LogP contribution in [0.4, 0.5) is 18.9 Å². The van der Waals surface area contributed by atoms with Gasteiger partial charge in [-0.15, -0.1) is 0 Å². The van der Waals surface area contributed by atoms with Gasteiger partial charge in [-0.25, -0.2) is 0 Å². The number of halogens is 4. The van der Waals surface area contributed by atoms with Gasteiger partial charge in [0.2, 0.25) is 11.1 Å². The number of nitrogens with zero attached hydrogens (tertiary/aromatic N) is 1. The van der Waals surface area contributed by atoms with Gasteiger partial charge in [0.05, 0.1) is 11.5 Å². The van der Waals surface area contributed by atoms with Crippen LogP contribution in [0, 0.1) is 5.92 Å². The van der Waals surface area contributed by atoms with E-state index in [4.69, 9.17) is 11.6 Å². The summed E-state index contributed by atoms with van der Waals surface area (Å²) in [5.74, 6) is -1.07. The van der Waals surface area contributed by atoms with Crippen LogP contribution in [0.25, 0.3) is 0 Å². The highest BCUT2D eigenvalue weighted by Crippen LogP contribution is 2.33. The van der Waals surface area contributed by atoms with Gasteiger partial charge in [0.15, 0.2) is 0 Å². The maximum atomic E-state index is 12.6. The molecule has 0 aromatic heterocycles. The Kier molecular flexibility index (Phi) is 3.54. The van der Waals surface area contributed by atoms with Crippen LogP contribution in [0.1, 0.15) is 12.0 Å². The fourth-order valence-corrected chi connectivity index (χ4v) is 2.11. The van der Waals surface area contributed by atoms with E-state index in [-0.39, 0.29) is 18.7 Å². The number of alkyl halides is 3. The largest absolute Gasteiger partial charge is 0.416 e. The molecule has 1 aromatic rings. The highest BCUT2D eigenvalue weighted by atomic mass is 35.5. The Morgan fingerprint density at radius 3 is 2.58 bits per heavy atom. The number of benzene rings is 1. The highest BCUT2D eigenvalue weighted by Gasteiger charge is 2.36. The fraction of sp³-hybridized carbons (Fsp3) is 0.333. The number of hydrogen-bond acceptors (Lipinski definition) is 2. The van der Waals surface area contributed by atoms with Crippen molar-refractivity contribution in [2.45, 2.75) is 12.6 Å². The number of anilines is 1. The minimum atomic E-state index is -4.47. The quantitative estimate of drug-likeness (QED) is 0.786. The first kappa shape index (κ1) is 13.9. The molecule has 1 aromatic carbocycles. The molecule has 1 atom stereocenters. The zero-order chi connectivity index (χ0) is 14.2. The molecule has 0 radical (unpaired) electrons. The lowest BCUT2D eigenvalue weighted by atomic mass is 10.1. The third-order valence-corrected chi connectivity index (χ3v) is 3.24. The SMILES string of the molecule is O=C(Cl)[C@@H]1CC(=O)N(c2cccc(C(F)(F)F)c2)C1. The van der Waals surface area contributed by atoms with Crippen LogP contribution in [-0.4, -0.2) is 17.7 Å². The lowest BCUT2D eigenvalue weighted by Gasteiger charge is -2.17. The predicted molar refractivity (Wildman–Crippen MR) is 62.8 cm³/mol. The van der Waals surface area contributed by atoms with Gasteiger partial charge < -0.3 is 4.90 Å². The molecule has 0 saturated carbocycles. The molecule has 1 amide bonds. The highest BCUT2D eigenvalue weighted by molar-refractivity contribution is 6.64. The van der Waals surface area contributed by atoms with E-state index in [2.05, 4.69) is 0 Å². The summed E-state index contributed by atoms with van der Waals surface area (Å²) >= 11 is 5.31. The van der Waals surface area contributed by atoms with E-state index >= 15 is 0 Å². The van der Waals surface area contributed by atoms with Crippen molar-refractivity contribution in [2.24, 2.45) is 5.92 Å². The van der Waals surface area contributed by atoms with Crippen molar-refractivity contribution in [3.05, 3.63) is 29.8 Å². The average Bonchev–Trinajstić information content (AvgIpc) is 2.71. The van der Waals surface area contributed by atoms with E-state index in [0.29, 0.717) is 0 Å². The maximum Gasteiger partial charge on any atom is 0.416 e. The van der Waals surface area contributed by atoms with Crippen molar-refractivity contribution < 1.29 is 22.8 Å². The molecule has 1 aliphatic rings. The Labute approximate surface area is 111 Å². The van der Waals surface area contributed by atoms with Gasteiger partial charge in [0, 0.05) is 18.7 Å². The average molecular weight is 292 g/mol. The Morgan fingerprint density at radius 1 is 1.37 bits per heavy atom. The van der Waals surface area contributed by atoms with Crippen molar-refractivity contribution in [3.8, 4) is 0 Å². The Hall–Kier alpha value is -1.56. The van der Waals surface area contributed by atoms with Crippen LogP contribution in [0.3, 0.4) is 0 Å². The number of carbonyl (C=O) groups is 2. The first-order valence-electron chi connectivity index (χ1n) is 5.46. The summed E-state index contributed by atoms with van der Waals surface area (Å²) in [7, 11) is 0. The molecule has 0 N–H and O–H groups in total. The Morgan fingerprint density at radius 2 is 2.05 bits per heavy atom. The molecule has 0 spiro atoms. The van der Waals surface area contributed by atoms with Gasteiger partial charge in [-0.2, -0.15) is 13.2 Å². The van der Waals surface area contributed by atoms with Gasteiger partial charge in [0.1, 0.15) is 0 Å².